The van der Waals surface area contributed by atoms with Crippen LogP contribution in [0.15, 0.2) is 35.4 Å². The van der Waals surface area contributed by atoms with Crippen LogP contribution in [0.2, 0.25) is 0 Å². The second-order valence-electron chi connectivity index (χ2n) is 5.70. The quantitative estimate of drug-likeness (QED) is 0.820. The van der Waals surface area contributed by atoms with Gasteiger partial charge in [0.15, 0.2) is 0 Å². The van der Waals surface area contributed by atoms with Crippen LogP contribution in [0.1, 0.15) is 17.5 Å². The van der Waals surface area contributed by atoms with Crippen LogP contribution in [0.5, 0.6) is 5.75 Å². The van der Waals surface area contributed by atoms with Gasteiger partial charge in [0.1, 0.15) is 5.75 Å². The molecule has 0 amide bonds. The third kappa shape index (κ3) is 3.20. The van der Waals surface area contributed by atoms with E-state index in [4.69, 9.17) is 10.5 Å². The number of sulfonamides is 1. The van der Waals surface area contributed by atoms with Crippen molar-refractivity contribution in [3.8, 4) is 5.75 Å². The lowest BCUT2D eigenvalue weighted by Gasteiger charge is -2.25. The number of rotatable bonds is 4. The number of nitrogens with two attached hydrogens (primary N) is 1. The molecule has 1 aliphatic carbocycles. The Hall–Kier alpha value is -2.19. The van der Waals surface area contributed by atoms with E-state index in [1.54, 1.807) is 13.2 Å². The summed E-state index contributed by atoms with van der Waals surface area (Å²) in [5.41, 5.74) is 7.76. The van der Waals surface area contributed by atoms with Crippen LogP contribution in [0.3, 0.4) is 0 Å². The number of aromatic nitrogens is 1. The van der Waals surface area contributed by atoms with Crippen molar-refractivity contribution in [2.24, 2.45) is 5.73 Å². The highest BCUT2D eigenvalue weighted by Gasteiger charge is 2.27. The van der Waals surface area contributed by atoms with Gasteiger partial charge in [0.25, 0.3) is 10.0 Å². The molecule has 1 unspecified atom stereocenters. The predicted molar refractivity (Wildman–Crippen MR) is 88.0 cm³/mol. The molecule has 8 heteroatoms. The number of nitrogens with zero attached hydrogens (tertiary/aromatic N) is 1. The smallest absolute Gasteiger partial charge is 0.262 e. The van der Waals surface area contributed by atoms with Crippen molar-refractivity contribution < 1.29 is 17.5 Å². The van der Waals surface area contributed by atoms with E-state index in [0.717, 1.165) is 23.4 Å². The van der Waals surface area contributed by atoms with Crippen LogP contribution in [0.25, 0.3) is 0 Å². The van der Waals surface area contributed by atoms with Gasteiger partial charge in [-0.25, -0.2) is 13.4 Å². The standard InChI is InChI=1S/C16H18FN3O3S/c1-23-14-5-6-15(12-4-2-10(18)8-13(12)14)24(21,22)20-11-3-7-16(17)19-9-11/h3,5-7,9-10,20H,2,4,8,18H2,1H3. The Morgan fingerprint density at radius 1 is 1.29 bits per heavy atom. The zero-order valence-corrected chi connectivity index (χ0v) is 13.9. The van der Waals surface area contributed by atoms with Crippen molar-refractivity contribution in [1.82, 2.24) is 4.98 Å². The second kappa shape index (κ2) is 6.37. The normalized spacial score (nSPS) is 17.2. The number of halogens is 1. The number of fused-ring (bicyclic) bond motifs is 1. The van der Waals surface area contributed by atoms with Gasteiger partial charge in [0.2, 0.25) is 5.95 Å². The molecule has 1 aromatic carbocycles. The lowest BCUT2D eigenvalue weighted by atomic mass is 9.88. The number of ether oxygens (including phenoxy) is 1. The molecule has 1 heterocycles. The Labute approximate surface area is 139 Å². The molecule has 2 aromatic rings. The molecule has 0 saturated carbocycles. The summed E-state index contributed by atoms with van der Waals surface area (Å²) < 4.78 is 46.1. The number of nitrogens with one attached hydrogen (secondary N) is 1. The third-order valence-corrected chi connectivity index (χ3v) is 5.53. The van der Waals surface area contributed by atoms with E-state index in [0.29, 0.717) is 25.0 Å². The average molecular weight is 351 g/mol. The first-order valence-corrected chi connectivity index (χ1v) is 8.97. The maximum absolute atomic E-state index is 12.9. The molecule has 0 fully saturated rings. The van der Waals surface area contributed by atoms with E-state index in [1.807, 2.05) is 0 Å². The fourth-order valence-electron chi connectivity index (χ4n) is 2.93. The second-order valence-corrected chi connectivity index (χ2v) is 7.35. The number of hydrogen-bond acceptors (Lipinski definition) is 5. The summed E-state index contributed by atoms with van der Waals surface area (Å²) >= 11 is 0. The molecular formula is C16H18FN3O3S. The Bertz CT molecular complexity index is 854. The van der Waals surface area contributed by atoms with Gasteiger partial charge < -0.3 is 10.5 Å². The van der Waals surface area contributed by atoms with Gasteiger partial charge in [-0.2, -0.15) is 4.39 Å². The zero-order valence-electron chi connectivity index (χ0n) is 13.1. The van der Waals surface area contributed by atoms with E-state index in [9.17, 15) is 12.8 Å². The van der Waals surface area contributed by atoms with E-state index in [-0.39, 0.29) is 16.6 Å². The lowest BCUT2D eigenvalue weighted by molar-refractivity contribution is 0.402. The number of hydrogen-bond donors (Lipinski definition) is 2. The topological polar surface area (TPSA) is 94.3 Å². The molecule has 6 nitrogen and oxygen atoms in total. The van der Waals surface area contributed by atoms with Crippen LogP contribution < -0.4 is 15.2 Å². The molecule has 3 N–H and O–H groups in total. The van der Waals surface area contributed by atoms with Gasteiger partial charge >= 0.3 is 0 Å². The summed E-state index contributed by atoms with van der Waals surface area (Å²) in [5.74, 6) is -0.0312. The van der Waals surface area contributed by atoms with Crippen LogP contribution in [0, 0.1) is 5.95 Å². The Balaban J connectivity index is 2.02. The monoisotopic (exact) mass is 351 g/mol. The van der Waals surface area contributed by atoms with Gasteiger partial charge in [-0.3, -0.25) is 4.72 Å². The summed E-state index contributed by atoms with van der Waals surface area (Å²) in [4.78, 5) is 3.64. The highest BCUT2D eigenvalue weighted by atomic mass is 32.2. The van der Waals surface area contributed by atoms with Crippen LogP contribution in [-0.4, -0.2) is 26.6 Å². The Morgan fingerprint density at radius 3 is 2.75 bits per heavy atom. The predicted octanol–water partition coefficient (Wildman–Crippen LogP) is 1.85. The van der Waals surface area contributed by atoms with Crippen molar-refractivity contribution in [3.63, 3.8) is 0 Å². The first-order chi connectivity index (χ1) is 11.4. The lowest BCUT2D eigenvalue weighted by Crippen LogP contribution is -2.29. The first-order valence-electron chi connectivity index (χ1n) is 7.49. The summed E-state index contributed by atoms with van der Waals surface area (Å²) in [6.07, 6.45) is 2.98. The molecule has 3 rings (SSSR count). The van der Waals surface area contributed by atoms with Gasteiger partial charge in [-0.15, -0.1) is 0 Å². The fraction of sp³-hybridized carbons (Fsp3) is 0.312. The molecule has 0 aliphatic heterocycles. The molecule has 0 radical (unpaired) electrons. The molecule has 0 bridgehead atoms. The minimum Gasteiger partial charge on any atom is -0.496 e. The minimum absolute atomic E-state index is 0.0152. The summed E-state index contributed by atoms with van der Waals surface area (Å²) in [5, 5.41) is 0. The average Bonchev–Trinajstić information content (AvgIpc) is 2.55. The van der Waals surface area contributed by atoms with Gasteiger partial charge in [0, 0.05) is 11.6 Å². The van der Waals surface area contributed by atoms with Gasteiger partial charge in [0.05, 0.1) is 23.9 Å². The molecule has 0 saturated heterocycles. The largest absolute Gasteiger partial charge is 0.496 e. The maximum Gasteiger partial charge on any atom is 0.262 e. The van der Waals surface area contributed by atoms with Crippen LogP contribution in [0.4, 0.5) is 10.1 Å². The Morgan fingerprint density at radius 2 is 2.08 bits per heavy atom. The van der Waals surface area contributed by atoms with Crippen molar-refractivity contribution in [3.05, 3.63) is 47.5 Å². The molecule has 1 atom stereocenters. The number of methoxy groups -OCH3 is 1. The summed E-state index contributed by atoms with van der Waals surface area (Å²) in [6, 6.07) is 5.56. The SMILES string of the molecule is COc1ccc(S(=O)(=O)Nc2ccc(F)nc2)c2c1CC(N)CC2. The highest BCUT2D eigenvalue weighted by molar-refractivity contribution is 7.92. The fourth-order valence-corrected chi connectivity index (χ4v) is 4.27. The molecular weight excluding hydrogens is 333 g/mol. The number of anilines is 1. The van der Waals surface area contributed by atoms with E-state index >= 15 is 0 Å². The van der Waals surface area contributed by atoms with Crippen molar-refractivity contribution in [2.45, 2.75) is 30.2 Å². The van der Waals surface area contributed by atoms with Gasteiger partial charge in [-0.05, 0) is 49.1 Å². The van der Waals surface area contributed by atoms with Gasteiger partial charge in [-0.1, -0.05) is 0 Å². The number of pyridine rings is 1. The molecule has 128 valence electrons. The van der Waals surface area contributed by atoms with E-state index in [1.165, 1.54) is 12.1 Å². The third-order valence-electron chi connectivity index (χ3n) is 4.07. The van der Waals surface area contributed by atoms with E-state index in [2.05, 4.69) is 9.71 Å². The molecule has 1 aromatic heterocycles. The zero-order chi connectivity index (χ0) is 17.3. The van der Waals surface area contributed by atoms with Crippen molar-refractivity contribution >= 4 is 15.7 Å². The first kappa shape index (κ1) is 16.7. The van der Waals surface area contributed by atoms with Crippen molar-refractivity contribution in [2.75, 3.05) is 11.8 Å². The molecule has 24 heavy (non-hydrogen) atoms. The molecule has 1 aliphatic rings. The van der Waals surface area contributed by atoms with Crippen LogP contribution in [-0.2, 0) is 22.9 Å². The summed E-state index contributed by atoms with van der Waals surface area (Å²) in [6.45, 7) is 0. The molecule has 0 spiro atoms. The van der Waals surface area contributed by atoms with Crippen molar-refractivity contribution in [1.29, 1.82) is 0 Å². The van der Waals surface area contributed by atoms with E-state index < -0.39 is 16.0 Å². The highest BCUT2D eigenvalue weighted by Crippen LogP contribution is 2.34. The Kier molecular flexibility index (Phi) is 4.42. The maximum atomic E-state index is 12.9. The number of benzene rings is 1. The summed E-state index contributed by atoms with van der Waals surface area (Å²) in [7, 11) is -2.27. The minimum atomic E-state index is -3.82. The van der Waals surface area contributed by atoms with Crippen LogP contribution >= 0.6 is 0 Å².